The predicted molar refractivity (Wildman–Crippen MR) is 74.1 cm³/mol. The standard InChI is InChI=1S/C14H22N4O/c1-10-11(9-19)7-15-14(16-10)18-6-5-12-3-4-13(8-18)17(12)2/h7,12-13,19H,3-6,8-9H2,1-2H3. The van der Waals surface area contributed by atoms with Gasteiger partial charge < -0.3 is 10.0 Å². The number of nitrogens with zero attached hydrogens (tertiary/aromatic N) is 4. The van der Waals surface area contributed by atoms with Gasteiger partial charge in [0, 0.05) is 42.6 Å². The molecule has 19 heavy (non-hydrogen) atoms. The zero-order valence-electron chi connectivity index (χ0n) is 11.7. The summed E-state index contributed by atoms with van der Waals surface area (Å²) < 4.78 is 0. The van der Waals surface area contributed by atoms with Crippen molar-refractivity contribution in [3.63, 3.8) is 0 Å². The molecule has 0 amide bonds. The number of aliphatic hydroxyl groups excluding tert-OH is 1. The van der Waals surface area contributed by atoms with Crippen LogP contribution in [0.1, 0.15) is 30.5 Å². The molecule has 2 aliphatic rings. The van der Waals surface area contributed by atoms with Crippen molar-refractivity contribution in [2.45, 2.75) is 44.9 Å². The minimum Gasteiger partial charge on any atom is -0.392 e. The molecule has 0 spiro atoms. The molecular weight excluding hydrogens is 240 g/mol. The number of aryl methyl sites for hydroxylation is 1. The Morgan fingerprint density at radius 3 is 2.84 bits per heavy atom. The number of rotatable bonds is 2. The molecule has 1 aromatic rings. The maximum atomic E-state index is 9.19. The molecule has 104 valence electrons. The lowest BCUT2D eigenvalue weighted by Crippen LogP contribution is -2.37. The second kappa shape index (κ2) is 5.06. The Morgan fingerprint density at radius 1 is 1.32 bits per heavy atom. The largest absolute Gasteiger partial charge is 0.392 e. The van der Waals surface area contributed by atoms with Gasteiger partial charge in [-0.3, -0.25) is 4.90 Å². The third kappa shape index (κ3) is 2.32. The van der Waals surface area contributed by atoms with Crippen LogP contribution in [-0.2, 0) is 6.61 Å². The molecule has 3 rings (SSSR count). The predicted octanol–water partition coefficient (Wildman–Crippen LogP) is 0.950. The molecule has 2 saturated heterocycles. The van der Waals surface area contributed by atoms with E-state index in [2.05, 4.69) is 26.8 Å². The normalized spacial score (nSPS) is 27.6. The van der Waals surface area contributed by atoms with E-state index in [-0.39, 0.29) is 6.61 Å². The highest BCUT2D eigenvalue weighted by Gasteiger charge is 2.35. The number of anilines is 1. The van der Waals surface area contributed by atoms with Gasteiger partial charge in [-0.2, -0.15) is 0 Å². The molecular formula is C14H22N4O. The van der Waals surface area contributed by atoms with E-state index in [9.17, 15) is 5.11 Å². The lowest BCUT2D eigenvalue weighted by Gasteiger charge is -2.26. The summed E-state index contributed by atoms with van der Waals surface area (Å²) in [6.45, 7) is 4.00. The monoisotopic (exact) mass is 262 g/mol. The van der Waals surface area contributed by atoms with E-state index in [0.717, 1.165) is 36.3 Å². The van der Waals surface area contributed by atoms with Gasteiger partial charge in [-0.05, 0) is 33.2 Å². The van der Waals surface area contributed by atoms with Gasteiger partial charge >= 0.3 is 0 Å². The van der Waals surface area contributed by atoms with Crippen molar-refractivity contribution in [3.05, 3.63) is 17.5 Å². The third-order valence-corrected chi connectivity index (χ3v) is 4.67. The smallest absolute Gasteiger partial charge is 0.225 e. The molecule has 1 N–H and O–H groups in total. The second-order valence-electron chi connectivity index (χ2n) is 5.72. The Hall–Kier alpha value is -1.20. The number of aromatic nitrogens is 2. The molecule has 2 atom stereocenters. The summed E-state index contributed by atoms with van der Waals surface area (Å²) in [5, 5.41) is 9.19. The van der Waals surface area contributed by atoms with Crippen LogP contribution in [0.15, 0.2) is 6.20 Å². The molecule has 0 aliphatic carbocycles. The first-order chi connectivity index (χ1) is 9.19. The summed E-state index contributed by atoms with van der Waals surface area (Å²) in [5.74, 6) is 0.815. The Labute approximate surface area is 114 Å². The van der Waals surface area contributed by atoms with Crippen molar-refractivity contribution < 1.29 is 5.11 Å². The molecule has 2 bridgehead atoms. The molecule has 0 aromatic carbocycles. The van der Waals surface area contributed by atoms with E-state index in [1.54, 1.807) is 6.20 Å². The van der Waals surface area contributed by atoms with Crippen LogP contribution in [0.4, 0.5) is 5.95 Å². The van der Waals surface area contributed by atoms with Crippen LogP contribution in [0.5, 0.6) is 0 Å². The molecule has 3 heterocycles. The third-order valence-electron chi connectivity index (χ3n) is 4.67. The van der Waals surface area contributed by atoms with Crippen molar-refractivity contribution in [2.75, 3.05) is 25.0 Å². The van der Waals surface area contributed by atoms with E-state index < -0.39 is 0 Å². The summed E-state index contributed by atoms with van der Waals surface area (Å²) in [4.78, 5) is 13.8. The van der Waals surface area contributed by atoms with E-state index >= 15 is 0 Å². The number of aliphatic hydroxyl groups is 1. The number of hydrogen-bond acceptors (Lipinski definition) is 5. The quantitative estimate of drug-likeness (QED) is 0.860. The van der Waals surface area contributed by atoms with Crippen molar-refractivity contribution in [2.24, 2.45) is 0 Å². The summed E-state index contributed by atoms with van der Waals surface area (Å²) in [7, 11) is 2.24. The molecule has 0 radical (unpaired) electrons. The van der Waals surface area contributed by atoms with E-state index in [4.69, 9.17) is 0 Å². The van der Waals surface area contributed by atoms with Gasteiger partial charge in [0.25, 0.3) is 0 Å². The lowest BCUT2D eigenvalue weighted by atomic mass is 10.1. The van der Waals surface area contributed by atoms with Gasteiger partial charge in [0.05, 0.1) is 6.61 Å². The molecule has 2 aliphatic heterocycles. The first-order valence-corrected chi connectivity index (χ1v) is 7.09. The average Bonchev–Trinajstić information content (AvgIpc) is 2.63. The van der Waals surface area contributed by atoms with Crippen molar-refractivity contribution in [1.82, 2.24) is 14.9 Å². The molecule has 5 nitrogen and oxygen atoms in total. The van der Waals surface area contributed by atoms with Crippen LogP contribution >= 0.6 is 0 Å². The van der Waals surface area contributed by atoms with Crippen LogP contribution < -0.4 is 4.90 Å². The Bertz CT molecular complexity index is 465. The van der Waals surface area contributed by atoms with E-state index in [1.165, 1.54) is 19.3 Å². The SMILES string of the molecule is Cc1nc(N2CCC3CCC(C2)N3C)ncc1CO. The summed E-state index contributed by atoms with van der Waals surface area (Å²) in [5.41, 5.74) is 1.70. The zero-order chi connectivity index (χ0) is 13.4. The fraction of sp³-hybridized carbons (Fsp3) is 0.714. The molecule has 5 heteroatoms. The second-order valence-corrected chi connectivity index (χ2v) is 5.72. The minimum absolute atomic E-state index is 0.0134. The first kappa shape index (κ1) is 12.8. The van der Waals surface area contributed by atoms with Crippen LogP contribution in [0, 0.1) is 6.92 Å². The van der Waals surface area contributed by atoms with Gasteiger partial charge in [0.1, 0.15) is 0 Å². The van der Waals surface area contributed by atoms with Gasteiger partial charge in [-0.25, -0.2) is 9.97 Å². The molecule has 2 unspecified atom stereocenters. The molecule has 2 fully saturated rings. The highest BCUT2D eigenvalue weighted by molar-refractivity contribution is 5.34. The summed E-state index contributed by atoms with van der Waals surface area (Å²) >= 11 is 0. The Kier molecular flexibility index (Phi) is 3.41. The molecule has 0 saturated carbocycles. The van der Waals surface area contributed by atoms with Gasteiger partial charge in [0.2, 0.25) is 5.95 Å². The number of fused-ring (bicyclic) bond motifs is 2. The van der Waals surface area contributed by atoms with Gasteiger partial charge in [-0.15, -0.1) is 0 Å². The van der Waals surface area contributed by atoms with E-state index in [0.29, 0.717) is 6.04 Å². The zero-order valence-corrected chi connectivity index (χ0v) is 11.7. The minimum atomic E-state index is 0.0134. The van der Waals surface area contributed by atoms with E-state index in [1.807, 2.05) is 6.92 Å². The van der Waals surface area contributed by atoms with Gasteiger partial charge in [-0.1, -0.05) is 0 Å². The highest BCUT2D eigenvalue weighted by Crippen LogP contribution is 2.29. The fourth-order valence-corrected chi connectivity index (χ4v) is 3.28. The van der Waals surface area contributed by atoms with Crippen LogP contribution in [-0.4, -0.2) is 52.2 Å². The highest BCUT2D eigenvalue weighted by atomic mass is 16.3. The lowest BCUT2D eigenvalue weighted by molar-refractivity contribution is 0.254. The van der Waals surface area contributed by atoms with Crippen molar-refractivity contribution >= 4 is 5.95 Å². The summed E-state index contributed by atoms with van der Waals surface area (Å²) in [6, 6.07) is 1.36. The van der Waals surface area contributed by atoms with Crippen molar-refractivity contribution in [1.29, 1.82) is 0 Å². The van der Waals surface area contributed by atoms with Crippen LogP contribution in [0.3, 0.4) is 0 Å². The Balaban J connectivity index is 1.81. The van der Waals surface area contributed by atoms with Gasteiger partial charge in [0.15, 0.2) is 0 Å². The average molecular weight is 262 g/mol. The summed E-state index contributed by atoms with van der Waals surface area (Å²) in [6.07, 6.45) is 5.56. The fourth-order valence-electron chi connectivity index (χ4n) is 3.28. The number of likely N-dealkylation sites (N-methyl/N-ethyl adjacent to an activating group) is 1. The maximum absolute atomic E-state index is 9.19. The maximum Gasteiger partial charge on any atom is 0.225 e. The Morgan fingerprint density at radius 2 is 2.11 bits per heavy atom. The first-order valence-electron chi connectivity index (χ1n) is 7.09. The van der Waals surface area contributed by atoms with Crippen LogP contribution in [0.2, 0.25) is 0 Å². The number of hydrogen-bond donors (Lipinski definition) is 1. The molecule has 1 aromatic heterocycles. The van der Waals surface area contributed by atoms with Crippen LogP contribution in [0.25, 0.3) is 0 Å². The topological polar surface area (TPSA) is 52.5 Å². The van der Waals surface area contributed by atoms with Crippen molar-refractivity contribution in [3.8, 4) is 0 Å².